The summed E-state index contributed by atoms with van der Waals surface area (Å²) in [5, 5.41) is 5.09. The van der Waals surface area contributed by atoms with Crippen molar-refractivity contribution < 1.29 is 0 Å². The predicted molar refractivity (Wildman–Crippen MR) is 315 cm³/mol. The maximum Gasteiger partial charge on any atom is 0.252 e. The molecule has 354 valence electrons. The molecular weight excluding hydrogens is 898 g/mol. The fraction of sp³-hybridized carbons (Fsp3) is 0.118. The van der Waals surface area contributed by atoms with E-state index in [0.29, 0.717) is 0 Å². The molecule has 0 fully saturated rings. The van der Waals surface area contributed by atoms with Crippen LogP contribution in [0.1, 0.15) is 52.7 Å². The Morgan fingerprint density at radius 2 is 0.905 bits per heavy atom. The van der Waals surface area contributed by atoms with Crippen LogP contribution in [0.4, 0.5) is 51.2 Å². The average Bonchev–Trinajstić information content (AvgIpc) is 3.96. The van der Waals surface area contributed by atoms with Crippen molar-refractivity contribution in [2.75, 3.05) is 14.7 Å². The van der Waals surface area contributed by atoms with Gasteiger partial charge in [-0.25, -0.2) is 0 Å². The highest BCUT2D eigenvalue weighted by molar-refractivity contribution is 7.00. The second-order valence-corrected chi connectivity index (χ2v) is 22.6. The monoisotopic (exact) mass is 951 g/mol. The van der Waals surface area contributed by atoms with E-state index in [1.54, 1.807) is 0 Å². The van der Waals surface area contributed by atoms with Crippen molar-refractivity contribution >= 4 is 118 Å². The van der Waals surface area contributed by atoms with Gasteiger partial charge in [-0.3, -0.25) is 0 Å². The zero-order valence-corrected chi connectivity index (χ0v) is 42.6. The van der Waals surface area contributed by atoms with Crippen LogP contribution in [-0.2, 0) is 10.8 Å². The van der Waals surface area contributed by atoms with Crippen molar-refractivity contribution in [3.8, 4) is 11.4 Å². The van der Waals surface area contributed by atoms with Crippen molar-refractivity contribution in [3.05, 3.63) is 230 Å². The molecule has 3 aliphatic heterocycles. The van der Waals surface area contributed by atoms with Crippen LogP contribution in [0.3, 0.4) is 0 Å². The van der Waals surface area contributed by atoms with Crippen LogP contribution in [0.15, 0.2) is 218 Å². The standard InChI is InChI=1S/C68H54BN5/c1-67(2,3)43-32-36-57-52(38-43)53-39-44(68(4,5)6)33-37-58(53)72(57)48-34-35-54-61(40-48)71(47-24-14-9-15-25-47)62-41-49(70(45-20-10-7-11-21-45)46-22-12-8-13-23-46)42-63-64(62)69(54)55-28-19-31-60-66(55)74(63)59-30-18-27-51-50-26-16-17-29-56(50)73(60)65(51)59/h7-42H,1-6H3. The molecule has 0 unspecified atom stereocenters. The highest BCUT2D eigenvalue weighted by Crippen LogP contribution is 2.54. The van der Waals surface area contributed by atoms with E-state index in [1.807, 2.05) is 0 Å². The summed E-state index contributed by atoms with van der Waals surface area (Å²) < 4.78 is 5.05. The number of para-hydroxylation sites is 6. The summed E-state index contributed by atoms with van der Waals surface area (Å²) in [6, 6.07) is 82.2. The highest BCUT2D eigenvalue weighted by Gasteiger charge is 2.47. The lowest BCUT2D eigenvalue weighted by atomic mass is 9.33. The molecule has 0 bridgehead atoms. The van der Waals surface area contributed by atoms with Crippen LogP contribution in [0.2, 0.25) is 0 Å². The van der Waals surface area contributed by atoms with Gasteiger partial charge in [0.1, 0.15) is 0 Å². The minimum Gasteiger partial charge on any atom is -0.311 e. The molecule has 0 aliphatic carbocycles. The summed E-state index contributed by atoms with van der Waals surface area (Å²) in [6.45, 7) is 13.8. The fourth-order valence-electron chi connectivity index (χ4n) is 12.8. The SMILES string of the molecule is CC(C)(C)c1ccc2c(c1)c1cc(C(C)(C)C)ccc1n2-c1ccc2c(c1)N(c1ccccc1)c1cc(N(c3ccccc3)c3ccccc3)cc3c1B2c1cccc2c1N3c1cccc3c4ccccc4n-2c13. The Morgan fingerprint density at radius 1 is 0.351 bits per heavy atom. The molecule has 74 heavy (non-hydrogen) atoms. The van der Waals surface area contributed by atoms with Gasteiger partial charge in [0.2, 0.25) is 0 Å². The summed E-state index contributed by atoms with van der Waals surface area (Å²) >= 11 is 0. The predicted octanol–water partition coefficient (Wildman–Crippen LogP) is 16.3. The second-order valence-electron chi connectivity index (χ2n) is 22.6. The number of aromatic nitrogens is 2. The van der Waals surface area contributed by atoms with Gasteiger partial charge >= 0.3 is 0 Å². The Bertz CT molecular complexity index is 4180. The van der Waals surface area contributed by atoms with Gasteiger partial charge in [-0.2, -0.15) is 0 Å². The van der Waals surface area contributed by atoms with Crippen LogP contribution < -0.4 is 31.1 Å². The lowest BCUT2D eigenvalue weighted by Gasteiger charge is -2.46. The quantitative estimate of drug-likeness (QED) is 0.160. The lowest BCUT2D eigenvalue weighted by Crippen LogP contribution is -2.61. The Morgan fingerprint density at radius 3 is 1.55 bits per heavy atom. The number of nitrogens with zero attached hydrogens (tertiary/aromatic N) is 5. The van der Waals surface area contributed by atoms with Crippen molar-refractivity contribution in [1.82, 2.24) is 9.13 Å². The van der Waals surface area contributed by atoms with Crippen molar-refractivity contribution in [3.63, 3.8) is 0 Å². The van der Waals surface area contributed by atoms with Crippen LogP contribution >= 0.6 is 0 Å². The molecule has 0 saturated carbocycles. The van der Waals surface area contributed by atoms with E-state index in [9.17, 15) is 0 Å². The Labute approximate surface area is 432 Å². The van der Waals surface area contributed by atoms with Gasteiger partial charge in [0.25, 0.3) is 6.71 Å². The zero-order chi connectivity index (χ0) is 49.8. The molecule has 10 aromatic carbocycles. The topological polar surface area (TPSA) is 19.6 Å². The van der Waals surface area contributed by atoms with Crippen molar-refractivity contribution in [2.45, 2.75) is 52.4 Å². The van der Waals surface area contributed by atoms with Gasteiger partial charge < -0.3 is 23.8 Å². The van der Waals surface area contributed by atoms with Crippen molar-refractivity contribution in [1.29, 1.82) is 0 Å². The largest absolute Gasteiger partial charge is 0.311 e. The van der Waals surface area contributed by atoms with E-state index in [4.69, 9.17) is 0 Å². The van der Waals surface area contributed by atoms with E-state index in [0.717, 1.165) is 34.1 Å². The lowest BCUT2D eigenvalue weighted by molar-refractivity contribution is 0.590. The average molecular weight is 952 g/mol. The summed E-state index contributed by atoms with van der Waals surface area (Å²) in [5.41, 5.74) is 24.1. The van der Waals surface area contributed by atoms with Gasteiger partial charge in [0.15, 0.2) is 0 Å². The molecule has 0 saturated heterocycles. The van der Waals surface area contributed by atoms with Gasteiger partial charge in [-0.05, 0) is 141 Å². The number of rotatable bonds is 5. The van der Waals surface area contributed by atoms with E-state index < -0.39 is 0 Å². The first-order valence-electron chi connectivity index (χ1n) is 26.1. The number of hydrogen-bond acceptors (Lipinski definition) is 3. The molecule has 6 heteroatoms. The molecule has 5 heterocycles. The number of benzene rings is 10. The number of hydrogen-bond donors (Lipinski definition) is 0. The number of fused-ring (bicyclic) bond motifs is 12. The molecule has 5 nitrogen and oxygen atoms in total. The van der Waals surface area contributed by atoms with Gasteiger partial charge in [0.05, 0.1) is 44.8 Å². The first kappa shape index (κ1) is 42.9. The highest BCUT2D eigenvalue weighted by atomic mass is 15.2. The van der Waals surface area contributed by atoms with E-state index in [-0.39, 0.29) is 17.5 Å². The molecule has 0 spiro atoms. The smallest absolute Gasteiger partial charge is 0.252 e. The van der Waals surface area contributed by atoms with Gasteiger partial charge in [-0.15, -0.1) is 0 Å². The molecule has 0 amide bonds. The van der Waals surface area contributed by atoms with Gasteiger partial charge in [-0.1, -0.05) is 157 Å². The van der Waals surface area contributed by atoms with Gasteiger partial charge in [0, 0.05) is 61.4 Å². The van der Waals surface area contributed by atoms with E-state index in [2.05, 4.69) is 284 Å². The van der Waals surface area contributed by atoms with Crippen molar-refractivity contribution in [2.24, 2.45) is 0 Å². The second kappa shape index (κ2) is 15.4. The van der Waals surface area contributed by atoms with Crippen LogP contribution in [0.25, 0.3) is 55.0 Å². The minimum absolute atomic E-state index is 0.00267. The molecule has 0 radical (unpaired) electrons. The summed E-state index contributed by atoms with van der Waals surface area (Å²) in [5.74, 6) is 0. The normalized spacial score (nSPS) is 13.5. The fourth-order valence-corrected chi connectivity index (χ4v) is 12.8. The van der Waals surface area contributed by atoms with Crippen LogP contribution in [0.5, 0.6) is 0 Å². The first-order chi connectivity index (χ1) is 36.0. The molecule has 12 aromatic rings. The van der Waals surface area contributed by atoms with Crippen LogP contribution in [-0.4, -0.2) is 15.8 Å². The minimum atomic E-state index is -0.0735. The Kier molecular flexibility index (Phi) is 8.92. The summed E-state index contributed by atoms with van der Waals surface area (Å²) in [4.78, 5) is 7.60. The molecule has 0 atom stereocenters. The third kappa shape index (κ3) is 6.05. The zero-order valence-electron chi connectivity index (χ0n) is 42.6. The Hall–Kier alpha value is -8.74. The molecule has 3 aliphatic rings. The maximum atomic E-state index is 2.61. The third-order valence-electron chi connectivity index (χ3n) is 16.3. The third-order valence-corrected chi connectivity index (χ3v) is 16.3. The van der Waals surface area contributed by atoms with Crippen LogP contribution in [0, 0.1) is 0 Å². The summed E-state index contributed by atoms with van der Waals surface area (Å²) in [7, 11) is 0. The van der Waals surface area contributed by atoms with E-state index in [1.165, 1.54) is 99.6 Å². The molecule has 0 N–H and O–H groups in total. The molecule has 2 aromatic heterocycles. The molecular formula is C68H54BN5. The Balaban J connectivity index is 1.06. The number of anilines is 9. The first-order valence-corrected chi connectivity index (χ1v) is 26.1. The molecule has 15 rings (SSSR count). The maximum absolute atomic E-state index is 2.61. The summed E-state index contributed by atoms with van der Waals surface area (Å²) in [6.07, 6.45) is 0. The van der Waals surface area contributed by atoms with E-state index >= 15 is 0 Å².